The van der Waals surface area contributed by atoms with Crippen LogP contribution in [0, 0.1) is 0 Å². The van der Waals surface area contributed by atoms with Crippen molar-refractivity contribution < 1.29 is 14.3 Å². The molecule has 0 spiro atoms. The van der Waals surface area contributed by atoms with E-state index in [0.29, 0.717) is 23.2 Å². The highest BCUT2D eigenvalue weighted by Crippen LogP contribution is 2.14. The Kier molecular flexibility index (Phi) is 3.99. The summed E-state index contributed by atoms with van der Waals surface area (Å²) in [6.07, 6.45) is 0.598. The first-order chi connectivity index (χ1) is 6.76. The van der Waals surface area contributed by atoms with Gasteiger partial charge in [-0.15, -0.1) is 10.2 Å². The summed E-state index contributed by atoms with van der Waals surface area (Å²) in [5.41, 5.74) is 0. The van der Waals surface area contributed by atoms with Crippen LogP contribution < -0.4 is 5.32 Å². The van der Waals surface area contributed by atoms with Crippen LogP contribution in [0.5, 0.6) is 0 Å². The van der Waals surface area contributed by atoms with E-state index < -0.39 is 0 Å². The SMILES string of the molecule is CCOC(=O)Cc1nnc(NC=O)s1. The molecule has 0 aromatic carbocycles. The summed E-state index contributed by atoms with van der Waals surface area (Å²) < 4.78 is 4.73. The lowest BCUT2D eigenvalue weighted by atomic mass is 10.5. The largest absolute Gasteiger partial charge is 0.466 e. The van der Waals surface area contributed by atoms with Crippen LogP contribution in [0.2, 0.25) is 0 Å². The van der Waals surface area contributed by atoms with Gasteiger partial charge in [0.15, 0.2) is 0 Å². The van der Waals surface area contributed by atoms with Crippen molar-refractivity contribution in [3.8, 4) is 0 Å². The normalized spacial score (nSPS) is 9.50. The molecule has 76 valence electrons. The van der Waals surface area contributed by atoms with Crippen LogP contribution in [-0.2, 0) is 20.7 Å². The van der Waals surface area contributed by atoms with Gasteiger partial charge >= 0.3 is 5.97 Å². The molecular formula is C7H9N3O3S. The Labute approximate surface area is 84.3 Å². The number of hydrogen-bond donors (Lipinski definition) is 1. The number of hydrogen-bond acceptors (Lipinski definition) is 6. The number of aromatic nitrogens is 2. The molecule has 0 aliphatic rings. The second-order valence-electron chi connectivity index (χ2n) is 2.24. The molecule has 6 nitrogen and oxygen atoms in total. The average Bonchev–Trinajstić information content (AvgIpc) is 2.53. The van der Waals surface area contributed by atoms with E-state index in [1.54, 1.807) is 6.92 Å². The van der Waals surface area contributed by atoms with Gasteiger partial charge in [-0.25, -0.2) is 0 Å². The van der Waals surface area contributed by atoms with Crippen molar-refractivity contribution >= 4 is 28.8 Å². The molecule has 0 radical (unpaired) electrons. The fraction of sp³-hybridized carbons (Fsp3) is 0.429. The minimum Gasteiger partial charge on any atom is -0.466 e. The zero-order chi connectivity index (χ0) is 10.4. The van der Waals surface area contributed by atoms with Crippen LogP contribution in [0.15, 0.2) is 0 Å². The van der Waals surface area contributed by atoms with E-state index in [1.807, 2.05) is 0 Å². The Morgan fingerprint density at radius 1 is 1.64 bits per heavy atom. The lowest BCUT2D eigenvalue weighted by Gasteiger charge is -1.96. The van der Waals surface area contributed by atoms with Gasteiger partial charge < -0.3 is 10.1 Å². The summed E-state index contributed by atoms with van der Waals surface area (Å²) in [6.45, 7) is 2.08. The van der Waals surface area contributed by atoms with E-state index in [4.69, 9.17) is 4.74 Å². The van der Waals surface area contributed by atoms with Crippen molar-refractivity contribution in [2.75, 3.05) is 11.9 Å². The number of anilines is 1. The van der Waals surface area contributed by atoms with Gasteiger partial charge in [0.1, 0.15) is 5.01 Å². The van der Waals surface area contributed by atoms with Crippen molar-refractivity contribution in [1.82, 2.24) is 10.2 Å². The van der Waals surface area contributed by atoms with E-state index in [0.717, 1.165) is 11.3 Å². The lowest BCUT2D eigenvalue weighted by Crippen LogP contribution is -2.07. The topological polar surface area (TPSA) is 81.2 Å². The fourth-order valence-electron chi connectivity index (χ4n) is 0.769. The predicted octanol–water partition coefficient (Wildman–Crippen LogP) is 0.212. The highest BCUT2D eigenvalue weighted by Gasteiger charge is 2.09. The Balaban J connectivity index is 2.50. The van der Waals surface area contributed by atoms with Crippen LogP contribution in [0.1, 0.15) is 11.9 Å². The van der Waals surface area contributed by atoms with Gasteiger partial charge in [0, 0.05) is 0 Å². The fourth-order valence-corrected chi connectivity index (χ4v) is 1.45. The zero-order valence-electron chi connectivity index (χ0n) is 7.52. The molecule has 1 heterocycles. The number of ether oxygens (including phenoxy) is 1. The molecule has 0 unspecified atom stereocenters. The molecule has 1 amide bonds. The second kappa shape index (κ2) is 5.28. The quantitative estimate of drug-likeness (QED) is 0.561. The third kappa shape index (κ3) is 3.09. The molecule has 0 bridgehead atoms. The monoisotopic (exact) mass is 215 g/mol. The minimum absolute atomic E-state index is 0.0893. The average molecular weight is 215 g/mol. The van der Waals surface area contributed by atoms with Gasteiger partial charge in [0.2, 0.25) is 11.5 Å². The number of rotatable bonds is 5. The van der Waals surface area contributed by atoms with Crippen LogP contribution in [0.3, 0.4) is 0 Å². The first kappa shape index (κ1) is 10.6. The van der Waals surface area contributed by atoms with Crippen molar-refractivity contribution in [3.05, 3.63) is 5.01 Å². The van der Waals surface area contributed by atoms with Gasteiger partial charge in [0.05, 0.1) is 13.0 Å². The van der Waals surface area contributed by atoms with Crippen LogP contribution in [0.25, 0.3) is 0 Å². The first-order valence-electron chi connectivity index (χ1n) is 3.94. The summed E-state index contributed by atoms with van der Waals surface area (Å²) in [5.74, 6) is -0.346. The lowest BCUT2D eigenvalue weighted by molar-refractivity contribution is -0.142. The molecule has 7 heteroatoms. The number of esters is 1. The molecule has 0 saturated heterocycles. The molecular weight excluding hydrogens is 206 g/mol. The molecule has 0 aliphatic carbocycles. The van der Waals surface area contributed by atoms with Gasteiger partial charge in [-0.05, 0) is 6.92 Å². The highest BCUT2D eigenvalue weighted by atomic mass is 32.1. The smallest absolute Gasteiger partial charge is 0.312 e. The first-order valence-corrected chi connectivity index (χ1v) is 4.76. The van der Waals surface area contributed by atoms with E-state index in [1.165, 1.54) is 0 Å². The molecule has 0 saturated carbocycles. The minimum atomic E-state index is -0.346. The van der Waals surface area contributed by atoms with E-state index in [-0.39, 0.29) is 12.4 Å². The highest BCUT2D eigenvalue weighted by molar-refractivity contribution is 7.15. The van der Waals surface area contributed by atoms with E-state index in [9.17, 15) is 9.59 Å². The predicted molar refractivity (Wildman–Crippen MR) is 49.9 cm³/mol. The third-order valence-electron chi connectivity index (χ3n) is 1.25. The van der Waals surface area contributed by atoms with E-state index in [2.05, 4.69) is 15.5 Å². The molecule has 1 aromatic rings. The summed E-state index contributed by atoms with van der Waals surface area (Å²) >= 11 is 1.15. The molecule has 1 N–H and O–H groups in total. The molecule has 1 aromatic heterocycles. The summed E-state index contributed by atoms with van der Waals surface area (Å²) in [6, 6.07) is 0. The van der Waals surface area contributed by atoms with Crippen molar-refractivity contribution in [1.29, 1.82) is 0 Å². The summed E-state index contributed by atoms with van der Waals surface area (Å²) in [5, 5.41) is 10.6. The molecule has 0 atom stereocenters. The Morgan fingerprint density at radius 2 is 2.43 bits per heavy atom. The Morgan fingerprint density at radius 3 is 3.07 bits per heavy atom. The van der Waals surface area contributed by atoms with Crippen molar-refractivity contribution in [2.24, 2.45) is 0 Å². The summed E-state index contributed by atoms with van der Waals surface area (Å²) in [4.78, 5) is 21.1. The third-order valence-corrected chi connectivity index (χ3v) is 2.10. The summed E-state index contributed by atoms with van der Waals surface area (Å²) in [7, 11) is 0. The number of nitrogens with one attached hydrogen (secondary N) is 1. The van der Waals surface area contributed by atoms with Crippen molar-refractivity contribution in [2.45, 2.75) is 13.3 Å². The van der Waals surface area contributed by atoms with Gasteiger partial charge in [0.25, 0.3) is 0 Å². The van der Waals surface area contributed by atoms with Gasteiger partial charge in [-0.3, -0.25) is 9.59 Å². The maximum Gasteiger partial charge on any atom is 0.312 e. The number of carbonyl (C=O) groups excluding carboxylic acids is 2. The standard InChI is InChI=1S/C7H9N3O3S/c1-2-13-6(12)3-5-9-10-7(14-5)8-4-11/h4H,2-3H2,1H3,(H,8,10,11). The molecule has 14 heavy (non-hydrogen) atoms. The number of carbonyl (C=O) groups is 2. The maximum absolute atomic E-state index is 11.0. The van der Waals surface area contributed by atoms with Crippen LogP contribution >= 0.6 is 11.3 Å². The van der Waals surface area contributed by atoms with E-state index >= 15 is 0 Å². The van der Waals surface area contributed by atoms with Crippen molar-refractivity contribution in [3.63, 3.8) is 0 Å². The molecule has 0 fully saturated rings. The van der Waals surface area contributed by atoms with Crippen LogP contribution in [-0.4, -0.2) is 29.2 Å². The van der Waals surface area contributed by atoms with Gasteiger partial charge in [-0.2, -0.15) is 0 Å². The zero-order valence-corrected chi connectivity index (χ0v) is 8.34. The number of amides is 1. The second-order valence-corrected chi connectivity index (χ2v) is 3.31. The Hall–Kier alpha value is -1.50. The number of nitrogens with zero attached hydrogens (tertiary/aromatic N) is 2. The molecule has 1 rings (SSSR count). The maximum atomic E-state index is 11.0. The Bertz CT molecular complexity index is 326. The van der Waals surface area contributed by atoms with Crippen LogP contribution in [0.4, 0.5) is 5.13 Å². The van der Waals surface area contributed by atoms with Gasteiger partial charge in [-0.1, -0.05) is 11.3 Å². The molecule has 0 aliphatic heterocycles.